The number of nitrogens with zero attached hydrogens (tertiary/aromatic N) is 3. The molecule has 0 spiro atoms. The number of likely N-dealkylation sites (tertiary alicyclic amines) is 1. The molecular formula is C22H25N3O4. The van der Waals surface area contributed by atoms with E-state index in [0.717, 1.165) is 30.7 Å². The van der Waals surface area contributed by atoms with Crippen LogP contribution in [0.3, 0.4) is 0 Å². The minimum Gasteiger partial charge on any atom is -0.497 e. The highest BCUT2D eigenvalue weighted by Gasteiger charge is 2.28. The molecule has 1 aromatic heterocycles. The molecule has 1 saturated heterocycles. The van der Waals surface area contributed by atoms with Gasteiger partial charge in [0.2, 0.25) is 11.7 Å². The highest BCUT2D eigenvalue weighted by atomic mass is 16.5. The van der Waals surface area contributed by atoms with Crippen LogP contribution in [0.4, 0.5) is 0 Å². The maximum Gasteiger partial charge on any atom is 0.241 e. The van der Waals surface area contributed by atoms with Crippen LogP contribution in [0.2, 0.25) is 0 Å². The van der Waals surface area contributed by atoms with Crippen LogP contribution in [0, 0.1) is 0 Å². The van der Waals surface area contributed by atoms with Crippen molar-refractivity contribution in [1.29, 1.82) is 0 Å². The highest BCUT2D eigenvalue weighted by Crippen LogP contribution is 2.35. The minimum atomic E-state index is 0.316. The largest absolute Gasteiger partial charge is 0.497 e. The quantitative estimate of drug-likeness (QED) is 0.596. The van der Waals surface area contributed by atoms with Gasteiger partial charge < -0.3 is 18.7 Å². The third-order valence-corrected chi connectivity index (χ3v) is 5.30. The maximum absolute atomic E-state index is 5.55. The number of methoxy groups -OCH3 is 3. The van der Waals surface area contributed by atoms with Crippen LogP contribution >= 0.6 is 0 Å². The van der Waals surface area contributed by atoms with Crippen LogP contribution in [0.5, 0.6) is 17.2 Å². The number of hydrogen-bond acceptors (Lipinski definition) is 7. The Balaban J connectivity index is 1.53. The Kier molecular flexibility index (Phi) is 5.67. The molecule has 7 heteroatoms. The Morgan fingerprint density at radius 2 is 1.86 bits per heavy atom. The third-order valence-electron chi connectivity index (χ3n) is 5.30. The van der Waals surface area contributed by atoms with Crippen molar-refractivity contribution in [2.75, 3.05) is 27.9 Å². The first-order chi connectivity index (χ1) is 14.2. The van der Waals surface area contributed by atoms with E-state index in [0.29, 0.717) is 35.8 Å². The lowest BCUT2D eigenvalue weighted by Crippen LogP contribution is -2.23. The first-order valence-electron chi connectivity index (χ1n) is 9.65. The molecule has 0 radical (unpaired) electrons. The van der Waals surface area contributed by atoms with E-state index in [2.05, 4.69) is 27.2 Å². The smallest absolute Gasteiger partial charge is 0.241 e. The first kappa shape index (κ1) is 19.3. The number of rotatable bonds is 7. The average molecular weight is 395 g/mol. The normalized spacial score (nSPS) is 16.7. The van der Waals surface area contributed by atoms with Crippen LogP contribution in [0.1, 0.15) is 30.3 Å². The lowest BCUT2D eigenvalue weighted by atomic mass is 10.0. The molecule has 3 aromatic rings. The predicted molar refractivity (Wildman–Crippen MR) is 108 cm³/mol. The van der Waals surface area contributed by atoms with Gasteiger partial charge in [-0.2, -0.15) is 4.98 Å². The van der Waals surface area contributed by atoms with Gasteiger partial charge in [0.25, 0.3) is 0 Å². The molecule has 1 aliphatic rings. The summed E-state index contributed by atoms with van der Waals surface area (Å²) >= 11 is 0. The van der Waals surface area contributed by atoms with Gasteiger partial charge in [-0.3, -0.25) is 4.90 Å². The summed E-state index contributed by atoms with van der Waals surface area (Å²) in [5, 5.41) is 4.16. The minimum absolute atomic E-state index is 0.316. The molecule has 0 amide bonds. The van der Waals surface area contributed by atoms with Gasteiger partial charge >= 0.3 is 0 Å². The van der Waals surface area contributed by atoms with Gasteiger partial charge in [-0.25, -0.2) is 0 Å². The van der Waals surface area contributed by atoms with E-state index in [9.17, 15) is 0 Å². The number of benzene rings is 2. The molecule has 0 N–H and O–H groups in total. The molecule has 0 bridgehead atoms. The predicted octanol–water partition coefficient (Wildman–Crippen LogP) is 4.10. The van der Waals surface area contributed by atoms with Crippen molar-refractivity contribution >= 4 is 0 Å². The summed E-state index contributed by atoms with van der Waals surface area (Å²) in [4.78, 5) is 6.98. The molecule has 0 aliphatic carbocycles. The second-order valence-corrected chi connectivity index (χ2v) is 6.98. The van der Waals surface area contributed by atoms with Gasteiger partial charge in [-0.05, 0) is 49.2 Å². The molecule has 7 nitrogen and oxygen atoms in total. The molecule has 4 rings (SSSR count). The van der Waals surface area contributed by atoms with Gasteiger partial charge in [-0.1, -0.05) is 17.3 Å². The fourth-order valence-electron chi connectivity index (χ4n) is 3.83. The van der Waals surface area contributed by atoms with Crippen molar-refractivity contribution in [2.24, 2.45) is 0 Å². The zero-order chi connectivity index (χ0) is 20.2. The monoisotopic (exact) mass is 395 g/mol. The molecule has 1 fully saturated rings. The van der Waals surface area contributed by atoms with E-state index in [1.807, 2.05) is 30.3 Å². The first-order valence-corrected chi connectivity index (χ1v) is 9.65. The fourth-order valence-corrected chi connectivity index (χ4v) is 3.83. The molecule has 152 valence electrons. The second-order valence-electron chi connectivity index (χ2n) is 6.98. The van der Waals surface area contributed by atoms with Crippen LogP contribution < -0.4 is 14.2 Å². The molecular weight excluding hydrogens is 370 g/mol. The number of hydrogen-bond donors (Lipinski definition) is 0. The fraction of sp³-hybridized carbons (Fsp3) is 0.364. The summed E-state index contributed by atoms with van der Waals surface area (Å²) < 4.78 is 21.6. The van der Waals surface area contributed by atoms with E-state index in [4.69, 9.17) is 18.7 Å². The van der Waals surface area contributed by atoms with Crippen molar-refractivity contribution < 1.29 is 18.7 Å². The average Bonchev–Trinajstić information content (AvgIpc) is 3.43. The Hall–Kier alpha value is -3.06. The number of aromatic nitrogens is 2. The Labute approximate surface area is 170 Å². The summed E-state index contributed by atoms with van der Waals surface area (Å²) in [6, 6.07) is 14.1. The van der Waals surface area contributed by atoms with Crippen molar-refractivity contribution in [2.45, 2.75) is 25.4 Å². The Morgan fingerprint density at radius 3 is 2.66 bits per heavy atom. The SMILES string of the molecule is COc1cccc(C2CCCN2Cc2nc(-c3ccc(OC)cc3OC)no2)c1. The standard InChI is InChI=1S/C22H25N3O4/c1-26-16-7-4-6-15(12-16)19-8-5-11-25(19)14-21-23-22(24-29-21)18-10-9-17(27-2)13-20(18)28-3/h4,6-7,9-10,12-13,19H,5,8,11,14H2,1-3H3. The molecule has 29 heavy (non-hydrogen) atoms. The zero-order valence-electron chi connectivity index (χ0n) is 16.9. The molecule has 1 unspecified atom stereocenters. The molecule has 2 aromatic carbocycles. The summed E-state index contributed by atoms with van der Waals surface area (Å²) in [5.74, 6) is 3.34. The van der Waals surface area contributed by atoms with Crippen LogP contribution in [-0.4, -0.2) is 42.9 Å². The van der Waals surface area contributed by atoms with Crippen LogP contribution in [-0.2, 0) is 6.54 Å². The lowest BCUT2D eigenvalue weighted by molar-refractivity contribution is 0.212. The Bertz CT molecular complexity index is 972. The number of ether oxygens (including phenoxy) is 3. The summed E-state index contributed by atoms with van der Waals surface area (Å²) in [6.45, 7) is 1.60. The molecule has 2 heterocycles. The van der Waals surface area contributed by atoms with Gasteiger partial charge in [0.1, 0.15) is 17.2 Å². The van der Waals surface area contributed by atoms with Crippen molar-refractivity contribution in [3.8, 4) is 28.6 Å². The third kappa shape index (κ3) is 4.05. The van der Waals surface area contributed by atoms with Crippen molar-refractivity contribution in [3.05, 3.63) is 53.9 Å². The molecule has 0 saturated carbocycles. The Morgan fingerprint density at radius 1 is 1.03 bits per heavy atom. The lowest BCUT2D eigenvalue weighted by Gasteiger charge is -2.23. The van der Waals surface area contributed by atoms with Crippen molar-refractivity contribution in [3.63, 3.8) is 0 Å². The highest BCUT2D eigenvalue weighted by molar-refractivity contribution is 5.65. The van der Waals surface area contributed by atoms with Gasteiger partial charge in [-0.15, -0.1) is 0 Å². The van der Waals surface area contributed by atoms with Gasteiger partial charge in [0.15, 0.2) is 0 Å². The van der Waals surface area contributed by atoms with E-state index in [1.165, 1.54) is 5.56 Å². The summed E-state index contributed by atoms with van der Waals surface area (Å²) in [7, 11) is 4.93. The van der Waals surface area contributed by atoms with Gasteiger partial charge in [0, 0.05) is 12.1 Å². The van der Waals surface area contributed by atoms with E-state index in [1.54, 1.807) is 21.3 Å². The summed E-state index contributed by atoms with van der Waals surface area (Å²) in [6.07, 6.45) is 2.23. The zero-order valence-corrected chi connectivity index (χ0v) is 16.9. The molecule has 1 atom stereocenters. The summed E-state index contributed by atoms with van der Waals surface area (Å²) in [5.41, 5.74) is 2.02. The topological polar surface area (TPSA) is 69.9 Å². The molecule has 1 aliphatic heterocycles. The van der Waals surface area contributed by atoms with E-state index < -0.39 is 0 Å². The van der Waals surface area contributed by atoms with E-state index in [-0.39, 0.29) is 0 Å². The maximum atomic E-state index is 5.55. The second kappa shape index (κ2) is 8.53. The van der Waals surface area contributed by atoms with Crippen LogP contribution in [0.25, 0.3) is 11.4 Å². The van der Waals surface area contributed by atoms with E-state index >= 15 is 0 Å². The van der Waals surface area contributed by atoms with Crippen LogP contribution in [0.15, 0.2) is 47.0 Å². The van der Waals surface area contributed by atoms with Crippen molar-refractivity contribution in [1.82, 2.24) is 15.0 Å². The van der Waals surface area contributed by atoms with Gasteiger partial charge in [0.05, 0.1) is 33.4 Å².